The molecule has 0 radical (unpaired) electrons. The summed E-state index contributed by atoms with van der Waals surface area (Å²) in [6.07, 6.45) is 0.340. The first-order valence-electron chi connectivity index (χ1n) is 13.5. The molecule has 220 valence electrons. The average Bonchev–Trinajstić information content (AvgIpc) is 2.95. The lowest BCUT2D eigenvalue weighted by Gasteiger charge is -2.33. The fourth-order valence-corrected chi connectivity index (χ4v) is 5.79. The molecule has 0 aliphatic heterocycles. The number of sulfonamides is 1. The number of nitrogens with zero attached hydrogens (tertiary/aromatic N) is 2. The maximum absolute atomic E-state index is 14.1. The van der Waals surface area contributed by atoms with E-state index in [1.165, 1.54) is 24.1 Å². The van der Waals surface area contributed by atoms with Crippen molar-refractivity contribution in [1.82, 2.24) is 10.2 Å². The number of aryl methyl sites for hydroxylation is 1. The number of anilines is 1. The molecule has 0 fully saturated rings. The van der Waals surface area contributed by atoms with Crippen LogP contribution in [0.1, 0.15) is 38.3 Å². The minimum absolute atomic E-state index is 0.0460. The number of hydrogen-bond acceptors (Lipinski definition) is 5. The highest BCUT2D eigenvalue weighted by Gasteiger charge is 2.33. The number of methoxy groups -OCH3 is 1. The van der Waals surface area contributed by atoms with Gasteiger partial charge in [-0.3, -0.25) is 13.9 Å². The van der Waals surface area contributed by atoms with Gasteiger partial charge in [0.05, 0.1) is 17.7 Å². The van der Waals surface area contributed by atoms with Gasteiger partial charge in [-0.1, -0.05) is 68.3 Å². The summed E-state index contributed by atoms with van der Waals surface area (Å²) in [5.74, 6) is -0.153. The molecule has 2 amide bonds. The molecule has 10 heteroatoms. The predicted molar refractivity (Wildman–Crippen MR) is 163 cm³/mol. The number of nitrogens with one attached hydrogen (secondary N) is 1. The molecule has 0 heterocycles. The first kappa shape index (κ1) is 32.0. The molecule has 1 atom stereocenters. The standard InChI is InChI=1S/C31H38ClN3O5S/c1-6-29(31(37)33-19-22(2)3)34(20-24-12-14-25(32)15-13-24)30(36)21-35(26-8-7-9-27(18-26)40-5)41(38,39)28-16-10-23(4)11-17-28/h7-18,22,29H,6,19-21H2,1-5H3,(H,33,37)/t29-/m0/s1. The van der Waals surface area contributed by atoms with Gasteiger partial charge in [-0.15, -0.1) is 0 Å². The molecule has 0 spiro atoms. The van der Waals surface area contributed by atoms with Crippen LogP contribution >= 0.6 is 11.6 Å². The van der Waals surface area contributed by atoms with Gasteiger partial charge in [0.1, 0.15) is 18.3 Å². The first-order chi connectivity index (χ1) is 19.5. The molecule has 0 saturated heterocycles. The van der Waals surface area contributed by atoms with Crippen LogP contribution < -0.4 is 14.4 Å². The molecule has 0 aromatic heterocycles. The number of rotatable bonds is 13. The van der Waals surface area contributed by atoms with Gasteiger partial charge >= 0.3 is 0 Å². The summed E-state index contributed by atoms with van der Waals surface area (Å²) in [5.41, 5.74) is 1.93. The van der Waals surface area contributed by atoms with Crippen molar-refractivity contribution < 1.29 is 22.7 Å². The van der Waals surface area contributed by atoms with E-state index >= 15 is 0 Å². The lowest BCUT2D eigenvalue weighted by Crippen LogP contribution is -2.52. The zero-order valence-electron chi connectivity index (χ0n) is 24.1. The summed E-state index contributed by atoms with van der Waals surface area (Å²) in [7, 11) is -2.68. The quantitative estimate of drug-likeness (QED) is 0.283. The monoisotopic (exact) mass is 599 g/mol. The van der Waals surface area contributed by atoms with E-state index in [1.54, 1.807) is 60.7 Å². The minimum atomic E-state index is -4.16. The molecule has 0 aliphatic rings. The third-order valence-electron chi connectivity index (χ3n) is 6.57. The Hall–Kier alpha value is -3.56. The summed E-state index contributed by atoms with van der Waals surface area (Å²) in [6, 6.07) is 19.1. The molecule has 0 unspecified atom stereocenters. The molecule has 41 heavy (non-hydrogen) atoms. The lowest BCUT2D eigenvalue weighted by atomic mass is 10.1. The van der Waals surface area contributed by atoms with Crippen molar-refractivity contribution in [2.45, 2.75) is 51.6 Å². The number of benzene rings is 3. The number of amides is 2. The molecule has 3 aromatic carbocycles. The van der Waals surface area contributed by atoms with Crippen molar-refractivity contribution in [3.63, 3.8) is 0 Å². The number of halogens is 1. The van der Waals surface area contributed by atoms with Crippen LogP contribution in [0.15, 0.2) is 77.7 Å². The van der Waals surface area contributed by atoms with Gasteiger partial charge in [-0.25, -0.2) is 8.42 Å². The van der Waals surface area contributed by atoms with Crippen LogP contribution in [0.4, 0.5) is 5.69 Å². The van der Waals surface area contributed by atoms with Crippen LogP contribution in [0.3, 0.4) is 0 Å². The third-order valence-corrected chi connectivity index (χ3v) is 8.61. The lowest BCUT2D eigenvalue weighted by molar-refractivity contribution is -0.140. The Kier molecular flexibility index (Phi) is 11.2. The van der Waals surface area contributed by atoms with Crippen molar-refractivity contribution in [2.24, 2.45) is 5.92 Å². The van der Waals surface area contributed by atoms with Gasteiger partial charge < -0.3 is 15.0 Å². The molecule has 0 saturated carbocycles. The van der Waals surface area contributed by atoms with Crippen LogP contribution in [0.5, 0.6) is 5.75 Å². The molecule has 1 N–H and O–H groups in total. The molecule has 3 aromatic rings. The second kappa shape index (κ2) is 14.4. The fraction of sp³-hybridized carbons (Fsp3) is 0.355. The van der Waals surface area contributed by atoms with Gasteiger partial charge in [0.15, 0.2) is 0 Å². The number of carbonyl (C=O) groups is 2. The third kappa shape index (κ3) is 8.47. The van der Waals surface area contributed by atoms with E-state index in [-0.39, 0.29) is 29.0 Å². The van der Waals surface area contributed by atoms with E-state index in [1.807, 2.05) is 27.7 Å². The van der Waals surface area contributed by atoms with E-state index < -0.39 is 28.5 Å². The van der Waals surface area contributed by atoms with Gasteiger partial charge in [0.25, 0.3) is 10.0 Å². The van der Waals surface area contributed by atoms with Crippen LogP contribution in [-0.2, 0) is 26.2 Å². The highest BCUT2D eigenvalue weighted by atomic mass is 35.5. The van der Waals surface area contributed by atoms with Crippen molar-refractivity contribution in [2.75, 3.05) is 24.5 Å². The van der Waals surface area contributed by atoms with Crippen LogP contribution in [-0.4, -0.2) is 51.4 Å². The van der Waals surface area contributed by atoms with Gasteiger partial charge in [-0.05, 0) is 61.2 Å². The second-order valence-corrected chi connectivity index (χ2v) is 12.5. The number of hydrogen-bond donors (Lipinski definition) is 1. The normalized spacial score (nSPS) is 12.1. The number of ether oxygens (including phenoxy) is 1. The van der Waals surface area contributed by atoms with Gasteiger partial charge in [0.2, 0.25) is 11.8 Å². The smallest absolute Gasteiger partial charge is 0.264 e. The summed E-state index contributed by atoms with van der Waals surface area (Å²) in [5, 5.41) is 3.47. The summed E-state index contributed by atoms with van der Waals surface area (Å²) in [6.45, 7) is 7.69. The van der Waals surface area contributed by atoms with Crippen molar-refractivity contribution >= 4 is 39.1 Å². The minimum Gasteiger partial charge on any atom is -0.497 e. The Bertz CT molecular complexity index is 1430. The van der Waals surface area contributed by atoms with E-state index in [0.29, 0.717) is 23.7 Å². The molecule has 0 aliphatic carbocycles. The van der Waals surface area contributed by atoms with Crippen molar-refractivity contribution in [3.8, 4) is 5.75 Å². The van der Waals surface area contributed by atoms with Gasteiger partial charge in [-0.2, -0.15) is 0 Å². The largest absolute Gasteiger partial charge is 0.497 e. The molecule has 3 rings (SSSR count). The van der Waals surface area contributed by atoms with E-state index in [0.717, 1.165) is 15.4 Å². The maximum atomic E-state index is 14.1. The van der Waals surface area contributed by atoms with Crippen LogP contribution in [0, 0.1) is 12.8 Å². The topological polar surface area (TPSA) is 96.0 Å². The predicted octanol–water partition coefficient (Wildman–Crippen LogP) is 5.43. The molecular formula is C31H38ClN3O5S. The maximum Gasteiger partial charge on any atom is 0.264 e. The Balaban J connectivity index is 2.06. The highest BCUT2D eigenvalue weighted by molar-refractivity contribution is 7.92. The zero-order valence-corrected chi connectivity index (χ0v) is 25.7. The van der Waals surface area contributed by atoms with Gasteiger partial charge in [0, 0.05) is 24.2 Å². The Morgan fingerprint density at radius 3 is 2.24 bits per heavy atom. The van der Waals surface area contributed by atoms with Crippen LogP contribution in [0.2, 0.25) is 5.02 Å². The average molecular weight is 600 g/mol. The van der Waals surface area contributed by atoms with Crippen LogP contribution in [0.25, 0.3) is 0 Å². The number of carbonyl (C=O) groups excluding carboxylic acids is 2. The van der Waals surface area contributed by atoms with E-state index in [9.17, 15) is 18.0 Å². The second-order valence-electron chi connectivity index (χ2n) is 10.2. The first-order valence-corrected chi connectivity index (χ1v) is 15.3. The molecule has 8 nitrogen and oxygen atoms in total. The SMILES string of the molecule is CC[C@@H](C(=O)NCC(C)C)N(Cc1ccc(Cl)cc1)C(=O)CN(c1cccc(OC)c1)S(=O)(=O)c1ccc(C)cc1. The summed E-state index contributed by atoms with van der Waals surface area (Å²) >= 11 is 6.07. The molecule has 0 bridgehead atoms. The van der Waals surface area contributed by atoms with E-state index in [4.69, 9.17) is 16.3 Å². The summed E-state index contributed by atoms with van der Waals surface area (Å²) in [4.78, 5) is 28.9. The van der Waals surface area contributed by atoms with E-state index in [2.05, 4.69) is 5.32 Å². The highest BCUT2D eigenvalue weighted by Crippen LogP contribution is 2.28. The fourth-order valence-electron chi connectivity index (χ4n) is 4.26. The Morgan fingerprint density at radius 2 is 1.66 bits per heavy atom. The Labute approximate surface area is 248 Å². The Morgan fingerprint density at radius 1 is 1.00 bits per heavy atom. The van der Waals surface area contributed by atoms with Crippen molar-refractivity contribution in [1.29, 1.82) is 0 Å². The zero-order chi connectivity index (χ0) is 30.2. The van der Waals surface area contributed by atoms with Crippen molar-refractivity contribution in [3.05, 3.63) is 88.9 Å². The molecular weight excluding hydrogens is 562 g/mol. The summed E-state index contributed by atoms with van der Waals surface area (Å²) < 4.78 is 34.3.